The Bertz CT molecular complexity index is 1100. The molecular formula is C19H15F3N4O. The number of pyridine rings is 1. The highest BCUT2D eigenvalue weighted by Crippen LogP contribution is 2.34. The molecule has 0 aliphatic carbocycles. The SMILES string of the molecule is Cc1cc(-c2c(F)cc(F)cc2F)c2cc(C(=O)N=C(N)N)cc(C)c2n1. The summed E-state index contributed by atoms with van der Waals surface area (Å²) in [5.74, 6) is -4.25. The van der Waals surface area contributed by atoms with Crippen LogP contribution in [0.3, 0.4) is 0 Å². The number of guanidine groups is 1. The number of nitrogens with zero attached hydrogens (tertiary/aromatic N) is 2. The molecular weight excluding hydrogens is 357 g/mol. The molecule has 1 amide bonds. The molecule has 0 saturated carbocycles. The standard InChI is InChI=1S/C19H15F3N4O/c1-8-3-10(18(27)26-19(23)24)5-13-12(4-9(2)25-17(8)13)16-14(21)6-11(20)7-15(16)22/h3-7H,1-2H3,(H4,23,24,26,27). The van der Waals surface area contributed by atoms with Gasteiger partial charge in [-0.25, -0.2) is 13.2 Å². The highest BCUT2D eigenvalue weighted by atomic mass is 19.1. The fourth-order valence-corrected chi connectivity index (χ4v) is 2.94. The summed E-state index contributed by atoms with van der Waals surface area (Å²) in [5.41, 5.74) is 11.9. The molecule has 138 valence electrons. The monoisotopic (exact) mass is 372 g/mol. The third-order valence-electron chi connectivity index (χ3n) is 3.99. The molecule has 0 fully saturated rings. The van der Waals surface area contributed by atoms with Crippen LogP contribution in [0.15, 0.2) is 35.3 Å². The van der Waals surface area contributed by atoms with E-state index in [-0.39, 0.29) is 11.1 Å². The molecule has 0 radical (unpaired) electrons. The molecule has 0 bridgehead atoms. The Morgan fingerprint density at radius 2 is 1.63 bits per heavy atom. The van der Waals surface area contributed by atoms with Crippen molar-refractivity contribution in [2.45, 2.75) is 13.8 Å². The number of halogens is 3. The molecule has 1 aromatic heterocycles. The van der Waals surface area contributed by atoms with Gasteiger partial charge in [-0.15, -0.1) is 0 Å². The van der Waals surface area contributed by atoms with Crippen LogP contribution in [0.25, 0.3) is 22.0 Å². The first-order chi connectivity index (χ1) is 12.7. The molecule has 4 N–H and O–H groups in total. The number of aliphatic imine (C=N–C) groups is 1. The van der Waals surface area contributed by atoms with Crippen molar-refractivity contribution in [3.8, 4) is 11.1 Å². The number of hydrogen-bond donors (Lipinski definition) is 2. The number of carbonyl (C=O) groups is 1. The summed E-state index contributed by atoms with van der Waals surface area (Å²) >= 11 is 0. The normalized spacial score (nSPS) is 10.9. The smallest absolute Gasteiger partial charge is 0.280 e. The molecule has 3 rings (SSSR count). The van der Waals surface area contributed by atoms with E-state index in [1.165, 1.54) is 18.2 Å². The molecule has 0 spiro atoms. The van der Waals surface area contributed by atoms with E-state index >= 15 is 0 Å². The number of nitrogens with two attached hydrogens (primary N) is 2. The van der Waals surface area contributed by atoms with E-state index in [0.717, 1.165) is 0 Å². The zero-order chi connectivity index (χ0) is 19.9. The third-order valence-corrected chi connectivity index (χ3v) is 3.99. The Balaban J connectivity index is 2.38. The van der Waals surface area contributed by atoms with E-state index in [1.54, 1.807) is 13.8 Å². The molecule has 8 heteroatoms. The fourth-order valence-electron chi connectivity index (χ4n) is 2.94. The van der Waals surface area contributed by atoms with Gasteiger partial charge in [-0.05, 0) is 43.2 Å². The van der Waals surface area contributed by atoms with Gasteiger partial charge in [0.2, 0.25) is 0 Å². The molecule has 0 unspecified atom stereocenters. The average Bonchev–Trinajstić information content (AvgIpc) is 2.53. The first-order valence-electron chi connectivity index (χ1n) is 7.88. The number of aromatic nitrogens is 1. The van der Waals surface area contributed by atoms with Gasteiger partial charge in [0, 0.05) is 28.8 Å². The second-order valence-electron chi connectivity index (χ2n) is 6.09. The summed E-state index contributed by atoms with van der Waals surface area (Å²) in [6, 6.07) is 5.60. The lowest BCUT2D eigenvalue weighted by atomic mass is 9.95. The number of benzene rings is 2. The Morgan fingerprint density at radius 3 is 2.22 bits per heavy atom. The van der Waals surface area contributed by atoms with E-state index in [9.17, 15) is 18.0 Å². The highest BCUT2D eigenvalue weighted by Gasteiger charge is 2.19. The summed E-state index contributed by atoms with van der Waals surface area (Å²) in [7, 11) is 0. The summed E-state index contributed by atoms with van der Waals surface area (Å²) in [4.78, 5) is 20.0. The number of amides is 1. The molecule has 1 heterocycles. The van der Waals surface area contributed by atoms with Crippen molar-refractivity contribution in [3.05, 3.63) is 64.6 Å². The van der Waals surface area contributed by atoms with Crippen LogP contribution >= 0.6 is 0 Å². The fraction of sp³-hybridized carbons (Fsp3) is 0.105. The van der Waals surface area contributed by atoms with Crippen LogP contribution in [0.5, 0.6) is 0 Å². The highest BCUT2D eigenvalue weighted by molar-refractivity contribution is 6.06. The summed E-state index contributed by atoms with van der Waals surface area (Å²) in [6.45, 7) is 3.36. The van der Waals surface area contributed by atoms with Crippen molar-refractivity contribution in [2.24, 2.45) is 16.5 Å². The van der Waals surface area contributed by atoms with Gasteiger partial charge in [-0.3, -0.25) is 9.78 Å². The maximum atomic E-state index is 14.4. The summed E-state index contributed by atoms with van der Waals surface area (Å²) in [5, 5.41) is 0.319. The lowest BCUT2D eigenvalue weighted by Gasteiger charge is -2.13. The average molecular weight is 372 g/mol. The first-order valence-corrected chi connectivity index (χ1v) is 7.88. The number of fused-ring (bicyclic) bond motifs is 1. The zero-order valence-electron chi connectivity index (χ0n) is 14.5. The zero-order valence-corrected chi connectivity index (χ0v) is 14.5. The minimum Gasteiger partial charge on any atom is -0.370 e. The molecule has 3 aromatic rings. The van der Waals surface area contributed by atoms with Gasteiger partial charge in [0.1, 0.15) is 17.5 Å². The number of hydrogen-bond acceptors (Lipinski definition) is 2. The van der Waals surface area contributed by atoms with Crippen molar-refractivity contribution in [3.63, 3.8) is 0 Å². The topological polar surface area (TPSA) is 94.4 Å². The van der Waals surface area contributed by atoms with Crippen LogP contribution in [0.4, 0.5) is 13.2 Å². The Kier molecular flexibility index (Phi) is 4.57. The van der Waals surface area contributed by atoms with Crippen molar-refractivity contribution < 1.29 is 18.0 Å². The second-order valence-corrected chi connectivity index (χ2v) is 6.09. The molecule has 2 aromatic carbocycles. The first kappa shape index (κ1) is 18.4. The molecule has 0 aliphatic rings. The lowest BCUT2D eigenvalue weighted by Crippen LogP contribution is -2.24. The lowest BCUT2D eigenvalue weighted by molar-refractivity contribution is 0.100. The molecule has 27 heavy (non-hydrogen) atoms. The van der Waals surface area contributed by atoms with Crippen LogP contribution in [0.2, 0.25) is 0 Å². The Morgan fingerprint density at radius 1 is 1.00 bits per heavy atom. The summed E-state index contributed by atoms with van der Waals surface area (Å²) < 4.78 is 42.0. The van der Waals surface area contributed by atoms with Crippen LogP contribution in [0, 0.1) is 31.3 Å². The van der Waals surface area contributed by atoms with Gasteiger partial charge >= 0.3 is 0 Å². The van der Waals surface area contributed by atoms with Crippen molar-refractivity contribution >= 4 is 22.8 Å². The number of carbonyl (C=O) groups excluding carboxylic acids is 1. The maximum Gasteiger partial charge on any atom is 0.280 e. The number of aryl methyl sites for hydroxylation is 2. The van der Waals surface area contributed by atoms with Gasteiger partial charge in [0.25, 0.3) is 5.91 Å². The second kappa shape index (κ2) is 6.71. The maximum absolute atomic E-state index is 14.4. The van der Waals surface area contributed by atoms with Gasteiger partial charge in [-0.1, -0.05) is 0 Å². The van der Waals surface area contributed by atoms with Gasteiger partial charge < -0.3 is 11.5 Å². The van der Waals surface area contributed by atoms with Crippen LogP contribution in [0.1, 0.15) is 21.6 Å². The van der Waals surface area contributed by atoms with Gasteiger partial charge in [-0.2, -0.15) is 4.99 Å². The van der Waals surface area contributed by atoms with E-state index in [2.05, 4.69) is 9.98 Å². The number of rotatable bonds is 2. The minimum absolute atomic E-state index is 0.128. The quantitative estimate of drug-likeness (QED) is 0.533. The Labute approximate surface area is 152 Å². The Hall–Kier alpha value is -3.42. The van der Waals surface area contributed by atoms with E-state index < -0.39 is 34.9 Å². The molecule has 0 aliphatic heterocycles. The van der Waals surface area contributed by atoms with Gasteiger partial charge in [0.15, 0.2) is 5.96 Å². The minimum atomic E-state index is -1.06. The summed E-state index contributed by atoms with van der Waals surface area (Å²) in [6.07, 6.45) is 0. The van der Waals surface area contributed by atoms with E-state index in [1.807, 2.05) is 0 Å². The molecule has 0 saturated heterocycles. The van der Waals surface area contributed by atoms with Crippen molar-refractivity contribution in [2.75, 3.05) is 0 Å². The predicted molar refractivity (Wildman–Crippen MR) is 96.7 cm³/mol. The van der Waals surface area contributed by atoms with Crippen LogP contribution < -0.4 is 11.5 Å². The van der Waals surface area contributed by atoms with Crippen LogP contribution in [-0.4, -0.2) is 16.9 Å². The van der Waals surface area contributed by atoms with E-state index in [4.69, 9.17) is 11.5 Å². The van der Waals surface area contributed by atoms with Crippen molar-refractivity contribution in [1.29, 1.82) is 0 Å². The van der Waals surface area contributed by atoms with Crippen LogP contribution in [-0.2, 0) is 0 Å². The van der Waals surface area contributed by atoms with E-state index in [0.29, 0.717) is 34.3 Å². The predicted octanol–water partition coefficient (Wildman–Crippen LogP) is 3.35. The van der Waals surface area contributed by atoms with Crippen molar-refractivity contribution in [1.82, 2.24) is 4.98 Å². The largest absolute Gasteiger partial charge is 0.370 e. The third kappa shape index (κ3) is 3.46. The molecule has 5 nitrogen and oxygen atoms in total. The van der Waals surface area contributed by atoms with Gasteiger partial charge in [0.05, 0.1) is 11.1 Å². The molecule has 0 atom stereocenters.